The number of nitrogens with zero attached hydrogens (tertiary/aromatic N) is 1. The van der Waals surface area contributed by atoms with Gasteiger partial charge in [-0.15, -0.1) is 0 Å². The molecular weight excluding hydrogens is 879 g/mol. The van der Waals surface area contributed by atoms with Crippen molar-refractivity contribution in [2.75, 3.05) is 41.6 Å². The smallest absolute Gasteiger partial charge is 0.329 e. The fourth-order valence-corrected chi connectivity index (χ4v) is 10.7. The van der Waals surface area contributed by atoms with Crippen LogP contribution in [-0.4, -0.2) is 145 Å². The number of hydrogen-bond acceptors (Lipinski definition) is 15. The van der Waals surface area contributed by atoms with Gasteiger partial charge >= 0.3 is 5.97 Å². The first kappa shape index (κ1) is 55.2. The molecule has 2 saturated heterocycles. The molecule has 1 aliphatic carbocycles. The van der Waals surface area contributed by atoms with Gasteiger partial charge < -0.3 is 58.5 Å². The number of carbonyl (C=O) groups is 4. The molecule has 382 valence electrons. The van der Waals surface area contributed by atoms with E-state index in [0.717, 1.165) is 5.57 Å². The standard InChI is InChI=1S/C52H79NO15/c1-11-35-19-29(2)18-30(3)20-45(64-9)48-46(65-10)22-32(5)52(61,68-48)49(58)50(59)53-17-13-12-14-39(53)51(60)67-47(33(6)40(54)27-41(35)55)31(4)21-34-15-16-44(42(56)23-34)66-28-43(57)36-24-37(62-7)26-38(25-36)63-8/h19,21,24-26,30,32-35,39-40,42-48,54,56-57,61H,11-18,20,22-23,27-28H2,1-10H3. The Hall–Kier alpha value is -3.74. The molecule has 2 bridgehead atoms. The van der Waals surface area contributed by atoms with Crippen LogP contribution in [0.4, 0.5) is 0 Å². The van der Waals surface area contributed by atoms with Crippen molar-refractivity contribution in [2.24, 2.45) is 29.6 Å². The maximum Gasteiger partial charge on any atom is 0.329 e. The Labute approximate surface area is 402 Å². The number of carbonyl (C=O) groups excluding carboxylic acids is 4. The predicted octanol–water partition coefficient (Wildman–Crippen LogP) is 5.59. The maximum absolute atomic E-state index is 14.5. The van der Waals surface area contributed by atoms with E-state index >= 15 is 0 Å². The van der Waals surface area contributed by atoms with Gasteiger partial charge in [0.15, 0.2) is 0 Å². The first-order chi connectivity index (χ1) is 32.3. The number of aliphatic hydroxyl groups is 4. The van der Waals surface area contributed by atoms with E-state index in [-0.39, 0.29) is 50.0 Å². The first-order valence-corrected chi connectivity index (χ1v) is 24.6. The van der Waals surface area contributed by atoms with Crippen LogP contribution < -0.4 is 9.47 Å². The zero-order valence-corrected chi connectivity index (χ0v) is 41.9. The molecule has 1 aromatic rings. The van der Waals surface area contributed by atoms with Gasteiger partial charge in [0.2, 0.25) is 5.79 Å². The Morgan fingerprint density at radius 2 is 1.54 bits per heavy atom. The summed E-state index contributed by atoms with van der Waals surface area (Å²) in [6, 6.07) is 3.90. The van der Waals surface area contributed by atoms with Crippen LogP contribution in [0, 0.1) is 29.6 Å². The summed E-state index contributed by atoms with van der Waals surface area (Å²) in [6.45, 7) is 11.0. The second-order valence-electron chi connectivity index (χ2n) is 19.9. The summed E-state index contributed by atoms with van der Waals surface area (Å²) in [7, 11) is 6.09. The quantitative estimate of drug-likeness (QED) is 0.121. The van der Waals surface area contributed by atoms with E-state index in [1.165, 1.54) is 33.3 Å². The van der Waals surface area contributed by atoms with Crippen molar-refractivity contribution in [1.29, 1.82) is 0 Å². The zero-order valence-electron chi connectivity index (χ0n) is 41.9. The van der Waals surface area contributed by atoms with E-state index < -0.39 is 96.1 Å². The number of allylic oxidation sites excluding steroid dienone is 3. The van der Waals surface area contributed by atoms with Crippen molar-refractivity contribution in [2.45, 2.75) is 173 Å². The molecule has 1 aromatic carbocycles. The fourth-order valence-electron chi connectivity index (χ4n) is 10.7. The highest BCUT2D eigenvalue weighted by atomic mass is 16.7. The van der Waals surface area contributed by atoms with Crippen molar-refractivity contribution in [3.05, 3.63) is 47.1 Å². The third kappa shape index (κ3) is 13.4. The topological polar surface area (TPSA) is 217 Å². The van der Waals surface area contributed by atoms with E-state index in [1.807, 2.05) is 32.9 Å². The molecule has 16 heteroatoms. The lowest BCUT2D eigenvalue weighted by Gasteiger charge is -2.47. The summed E-state index contributed by atoms with van der Waals surface area (Å²) in [6.07, 6.45) is 1.20. The van der Waals surface area contributed by atoms with Gasteiger partial charge in [-0.2, -0.15) is 0 Å². The molecule has 5 rings (SSSR count). The lowest BCUT2D eigenvalue weighted by atomic mass is 9.81. The van der Waals surface area contributed by atoms with Gasteiger partial charge in [0.05, 0.1) is 51.3 Å². The summed E-state index contributed by atoms with van der Waals surface area (Å²) in [5, 5.41) is 46.2. The van der Waals surface area contributed by atoms with Gasteiger partial charge in [-0.1, -0.05) is 45.4 Å². The summed E-state index contributed by atoms with van der Waals surface area (Å²) in [4.78, 5) is 58.3. The average molecular weight is 958 g/mol. The van der Waals surface area contributed by atoms with Crippen LogP contribution in [0.2, 0.25) is 0 Å². The molecule has 1 saturated carbocycles. The molecule has 0 aromatic heterocycles. The molecule has 4 N–H and O–H groups in total. The van der Waals surface area contributed by atoms with Gasteiger partial charge in [0, 0.05) is 51.0 Å². The lowest BCUT2D eigenvalue weighted by Crippen LogP contribution is -2.64. The number of amides is 1. The van der Waals surface area contributed by atoms with Gasteiger partial charge in [0.25, 0.3) is 11.7 Å². The maximum atomic E-state index is 14.5. The second kappa shape index (κ2) is 24.9. The minimum Gasteiger partial charge on any atom is -0.497 e. The highest BCUT2D eigenvalue weighted by molar-refractivity contribution is 6.39. The molecular formula is C52H79NO15. The molecule has 15 unspecified atom stereocenters. The van der Waals surface area contributed by atoms with E-state index in [0.29, 0.717) is 74.0 Å². The van der Waals surface area contributed by atoms with Crippen molar-refractivity contribution >= 4 is 23.4 Å². The number of Topliss-reactive ketones (excluding diaryl/α,β-unsaturated/α-hetero) is 2. The minimum atomic E-state index is -2.54. The molecule has 0 spiro atoms. The SMILES string of the molecule is CCC1C=C(C)CC(C)CC(OC)C2OC(O)(C(=O)C(=O)N3CCCCC3C(=O)OC(C(C)=CC3CCC(OCC(O)c4cc(OC)cc(OC)c4)C(O)C3)C(C)C(O)CC1=O)C(C)CC2OC. The number of rotatable bonds is 11. The Morgan fingerprint density at radius 1 is 0.882 bits per heavy atom. The van der Waals surface area contributed by atoms with E-state index in [2.05, 4.69) is 0 Å². The molecule has 3 fully saturated rings. The first-order valence-electron chi connectivity index (χ1n) is 24.6. The molecule has 68 heavy (non-hydrogen) atoms. The number of benzene rings is 1. The minimum absolute atomic E-state index is 0.00793. The van der Waals surface area contributed by atoms with Gasteiger partial charge in [0.1, 0.15) is 41.6 Å². The van der Waals surface area contributed by atoms with Crippen LogP contribution in [0.5, 0.6) is 11.5 Å². The monoisotopic (exact) mass is 958 g/mol. The molecule has 3 aliphatic heterocycles. The normalized spacial score (nSPS) is 35.9. The number of piperidine rings is 1. The number of cyclic esters (lactones) is 1. The van der Waals surface area contributed by atoms with Gasteiger partial charge in [-0.3, -0.25) is 14.4 Å². The molecule has 3 heterocycles. The van der Waals surface area contributed by atoms with Crippen LogP contribution >= 0.6 is 0 Å². The molecule has 0 radical (unpaired) electrons. The van der Waals surface area contributed by atoms with Crippen molar-refractivity contribution in [3.63, 3.8) is 0 Å². The lowest BCUT2D eigenvalue weighted by molar-refractivity contribution is -0.302. The fraction of sp³-hybridized carbons (Fsp3) is 0.731. The van der Waals surface area contributed by atoms with Crippen LogP contribution in [0.1, 0.15) is 124 Å². The highest BCUT2D eigenvalue weighted by Crippen LogP contribution is 2.40. The largest absolute Gasteiger partial charge is 0.497 e. The molecule has 4 aliphatic rings. The van der Waals surface area contributed by atoms with Crippen molar-refractivity contribution < 1.29 is 72.8 Å². The summed E-state index contributed by atoms with van der Waals surface area (Å²) in [5.74, 6) is -6.99. The Morgan fingerprint density at radius 3 is 2.16 bits per heavy atom. The predicted molar refractivity (Wildman–Crippen MR) is 252 cm³/mol. The second-order valence-corrected chi connectivity index (χ2v) is 19.9. The third-order valence-electron chi connectivity index (χ3n) is 14.8. The van der Waals surface area contributed by atoms with Crippen molar-refractivity contribution in [1.82, 2.24) is 4.90 Å². The van der Waals surface area contributed by atoms with Crippen molar-refractivity contribution in [3.8, 4) is 11.5 Å². The number of hydrogen-bond donors (Lipinski definition) is 4. The zero-order chi connectivity index (χ0) is 50.0. The Kier molecular flexibility index (Phi) is 20.2. The summed E-state index contributed by atoms with van der Waals surface area (Å²) in [5.41, 5.74) is 2.10. The van der Waals surface area contributed by atoms with Crippen LogP contribution in [0.3, 0.4) is 0 Å². The van der Waals surface area contributed by atoms with E-state index in [4.69, 9.17) is 33.2 Å². The van der Waals surface area contributed by atoms with Gasteiger partial charge in [-0.05, 0) is 113 Å². The number of methoxy groups -OCH3 is 4. The number of esters is 1. The van der Waals surface area contributed by atoms with Crippen LogP contribution in [-0.2, 0) is 42.9 Å². The van der Waals surface area contributed by atoms with E-state index in [9.17, 15) is 39.6 Å². The number of fused-ring (bicyclic) bond motifs is 3. The van der Waals surface area contributed by atoms with E-state index in [1.54, 1.807) is 39.0 Å². The van der Waals surface area contributed by atoms with Gasteiger partial charge in [-0.25, -0.2) is 4.79 Å². The molecule has 15 atom stereocenters. The van der Waals surface area contributed by atoms with Crippen LogP contribution in [0.15, 0.2) is 41.5 Å². The summed E-state index contributed by atoms with van der Waals surface area (Å²) >= 11 is 0. The number of ketones is 2. The number of ether oxygens (including phenoxy) is 7. The van der Waals surface area contributed by atoms with Crippen LogP contribution in [0.25, 0.3) is 0 Å². The molecule has 16 nitrogen and oxygen atoms in total. The summed E-state index contributed by atoms with van der Waals surface area (Å²) < 4.78 is 41.1. The number of aliphatic hydroxyl groups excluding tert-OH is 3. The Bertz CT molecular complexity index is 1910. The highest BCUT2D eigenvalue weighted by Gasteiger charge is 2.56. The third-order valence-corrected chi connectivity index (χ3v) is 14.8. The molecule has 1 amide bonds. The average Bonchev–Trinajstić information content (AvgIpc) is 3.32. The Balaban J connectivity index is 1.42.